The van der Waals surface area contributed by atoms with E-state index in [1.165, 1.54) is 0 Å². The predicted octanol–water partition coefficient (Wildman–Crippen LogP) is 8.62. The quantitative estimate of drug-likeness (QED) is 0.318. The summed E-state index contributed by atoms with van der Waals surface area (Å²) >= 11 is 0. The van der Waals surface area contributed by atoms with Gasteiger partial charge in [-0.2, -0.15) is 0 Å². The van der Waals surface area contributed by atoms with Gasteiger partial charge in [0.2, 0.25) is 0 Å². The number of allylic oxidation sites excluding steroid dienone is 2. The third-order valence-corrected chi connectivity index (χ3v) is 6.77. The Morgan fingerprint density at radius 3 is 2.26 bits per heavy atom. The van der Waals surface area contributed by atoms with Crippen LogP contribution in [0.5, 0.6) is 0 Å². The Hall–Kier alpha value is -2.85. The van der Waals surface area contributed by atoms with Crippen molar-refractivity contribution < 1.29 is 17.9 Å². The Morgan fingerprint density at radius 1 is 0.882 bits per heavy atom. The Morgan fingerprint density at radius 2 is 1.62 bits per heavy atom. The number of rotatable bonds is 7. The van der Waals surface area contributed by atoms with Crippen molar-refractivity contribution in [1.82, 2.24) is 0 Å². The van der Waals surface area contributed by atoms with E-state index < -0.39 is 11.6 Å². The molecule has 0 spiro atoms. The molecule has 178 valence electrons. The maximum Gasteiger partial charge on any atom is 0.166 e. The SMILES string of the molecule is CC=CCCC1CCC(c2ccc(-c3ccc(-c4ccc(CC)c(F)c4F)cc3)cc2F)CO1. The zero-order chi connectivity index (χ0) is 24.1. The molecule has 4 rings (SSSR count). The van der Waals surface area contributed by atoms with Crippen LogP contribution in [-0.4, -0.2) is 12.7 Å². The van der Waals surface area contributed by atoms with Crippen molar-refractivity contribution in [1.29, 1.82) is 0 Å². The van der Waals surface area contributed by atoms with Crippen molar-refractivity contribution in [2.75, 3.05) is 6.61 Å². The number of aryl methyl sites for hydroxylation is 1. The van der Waals surface area contributed by atoms with E-state index in [2.05, 4.69) is 12.2 Å². The molecule has 1 aliphatic heterocycles. The van der Waals surface area contributed by atoms with E-state index in [1.54, 1.807) is 37.3 Å². The number of halogens is 3. The number of ether oxygens (including phenoxy) is 1. The predicted molar refractivity (Wildman–Crippen MR) is 132 cm³/mol. The van der Waals surface area contributed by atoms with E-state index >= 15 is 4.39 Å². The second-order valence-electron chi connectivity index (χ2n) is 8.94. The molecule has 3 aromatic carbocycles. The monoisotopic (exact) mass is 464 g/mol. The fraction of sp³-hybridized carbons (Fsp3) is 0.333. The van der Waals surface area contributed by atoms with Gasteiger partial charge in [-0.05, 0) is 72.9 Å². The lowest BCUT2D eigenvalue weighted by atomic mass is 9.88. The molecule has 0 saturated carbocycles. The van der Waals surface area contributed by atoms with E-state index in [4.69, 9.17) is 4.74 Å². The summed E-state index contributed by atoms with van der Waals surface area (Å²) in [4.78, 5) is 0. The minimum atomic E-state index is -0.832. The van der Waals surface area contributed by atoms with Crippen molar-refractivity contribution in [3.05, 3.63) is 95.3 Å². The Bertz CT molecular complexity index is 1140. The molecule has 1 aliphatic rings. The molecule has 1 saturated heterocycles. The molecule has 1 fully saturated rings. The minimum absolute atomic E-state index is 0.0679. The molecule has 0 radical (unpaired) electrons. The van der Waals surface area contributed by atoms with Gasteiger partial charge >= 0.3 is 0 Å². The molecular weight excluding hydrogens is 433 g/mol. The highest BCUT2D eigenvalue weighted by Gasteiger charge is 2.24. The fourth-order valence-electron chi connectivity index (χ4n) is 4.69. The van der Waals surface area contributed by atoms with Gasteiger partial charge in [0.15, 0.2) is 11.6 Å². The minimum Gasteiger partial charge on any atom is -0.378 e. The lowest BCUT2D eigenvalue weighted by Crippen LogP contribution is -2.25. The third-order valence-electron chi connectivity index (χ3n) is 6.77. The summed E-state index contributed by atoms with van der Waals surface area (Å²) in [6.45, 7) is 4.36. The van der Waals surface area contributed by atoms with Gasteiger partial charge in [-0.1, -0.05) is 67.6 Å². The normalized spacial score (nSPS) is 18.5. The first-order valence-corrected chi connectivity index (χ1v) is 12.1. The summed E-state index contributed by atoms with van der Waals surface area (Å²) < 4.78 is 49.7. The molecular formula is C30H31F3O. The summed E-state index contributed by atoms with van der Waals surface area (Å²) in [7, 11) is 0. The molecule has 0 aliphatic carbocycles. The van der Waals surface area contributed by atoms with Gasteiger partial charge in [-0.25, -0.2) is 13.2 Å². The first-order chi connectivity index (χ1) is 16.5. The standard InChI is InChI=1S/C30H31F3O/c1-3-5-6-7-25-15-12-24(19-34-25)26-16-14-23(18-28(26)31)21-8-10-22(11-9-21)27-17-13-20(4-2)29(32)30(27)33/h3,5,8-11,13-14,16-18,24-25H,4,6-7,12,15,19H2,1-2H3. The molecule has 4 heteroatoms. The zero-order valence-corrected chi connectivity index (χ0v) is 19.8. The Kier molecular flexibility index (Phi) is 7.89. The number of hydrogen-bond acceptors (Lipinski definition) is 1. The fourth-order valence-corrected chi connectivity index (χ4v) is 4.69. The van der Waals surface area contributed by atoms with Crippen molar-refractivity contribution in [3.63, 3.8) is 0 Å². The molecule has 34 heavy (non-hydrogen) atoms. The van der Waals surface area contributed by atoms with Crippen LogP contribution in [0.2, 0.25) is 0 Å². The topological polar surface area (TPSA) is 9.23 Å². The summed E-state index contributed by atoms with van der Waals surface area (Å²) in [5, 5.41) is 0. The van der Waals surface area contributed by atoms with Crippen molar-refractivity contribution in [2.24, 2.45) is 0 Å². The highest BCUT2D eigenvalue weighted by atomic mass is 19.2. The summed E-state index contributed by atoms with van der Waals surface area (Å²) in [5.74, 6) is -1.79. The van der Waals surface area contributed by atoms with Crippen LogP contribution in [0.25, 0.3) is 22.3 Å². The van der Waals surface area contributed by atoms with Gasteiger partial charge in [0.25, 0.3) is 0 Å². The van der Waals surface area contributed by atoms with E-state index in [0.717, 1.165) is 36.8 Å². The Balaban J connectivity index is 1.46. The van der Waals surface area contributed by atoms with Gasteiger partial charge in [0.1, 0.15) is 5.82 Å². The van der Waals surface area contributed by atoms with E-state index in [-0.39, 0.29) is 23.4 Å². The van der Waals surface area contributed by atoms with Crippen LogP contribution in [0.4, 0.5) is 13.2 Å². The molecule has 1 nitrogen and oxygen atoms in total. The highest BCUT2D eigenvalue weighted by Crippen LogP contribution is 2.34. The first-order valence-electron chi connectivity index (χ1n) is 12.1. The van der Waals surface area contributed by atoms with Crippen LogP contribution in [-0.2, 0) is 11.2 Å². The first kappa shape index (κ1) is 24.3. The van der Waals surface area contributed by atoms with Crippen LogP contribution in [0.15, 0.2) is 66.7 Å². The van der Waals surface area contributed by atoms with Crippen LogP contribution in [0.1, 0.15) is 56.6 Å². The van der Waals surface area contributed by atoms with Gasteiger partial charge in [-0.15, -0.1) is 0 Å². The van der Waals surface area contributed by atoms with E-state index in [1.807, 2.05) is 31.2 Å². The van der Waals surface area contributed by atoms with Crippen LogP contribution in [0.3, 0.4) is 0 Å². The second kappa shape index (κ2) is 11.1. The van der Waals surface area contributed by atoms with Crippen molar-refractivity contribution >= 4 is 0 Å². The summed E-state index contributed by atoms with van der Waals surface area (Å²) in [5.41, 5.74) is 3.44. The third kappa shape index (κ3) is 5.28. The Labute approximate surface area is 200 Å². The molecule has 2 unspecified atom stereocenters. The molecule has 0 bridgehead atoms. The maximum absolute atomic E-state index is 15.0. The van der Waals surface area contributed by atoms with Crippen LogP contribution >= 0.6 is 0 Å². The van der Waals surface area contributed by atoms with E-state index in [9.17, 15) is 8.78 Å². The van der Waals surface area contributed by atoms with E-state index in [0.29, 0.717) is 29.7 Å². The van der Waals surface area contributed by atoms with Crippen LogP contribution < -0.4 is 0 Å². The van der Waals surface area contributed by atoms with Gasteiger partial charge in [0, 0.05) is 11.5 Å². The second-order valence-corrected chi connectivity index (χ2v) is 8.94. The maximum atomic E-state index is 15.0. The summed E-state index contributed by atoms with van der Waals surface area (Å²) in [6, 6.07) is 15.7. The van der Waals surface area contributed by atoms with Gasteiger partial charge in [0.05, 0.1) is 12.7 Å². The molecule has 2 atom stereocenters. The average Bonchev–Trinajstić information content (AvgIpc) is 2.86. The lowest BCUT2D eigenvalue weighted by molar-refractivity contribution is -0.000797. The molecule has 0 amide bonds. The van der Waals surface area contributed by atoms with Crippen molar-refractivity contribution in [3.8, 4) is 22.3 Å². The molecule has 1 heterocycles. The number of hydrogen-bond donors (Lipinski definition) is 0. The molecule has 0 aromatic heterocycles. The zero-order valence-electron chi connectivity index (χ0n) is 19.8. The average molecular weight is 465 g/mol. The lowest BCUT2D eigenvalue weighted by Gasteiger charge is -2.29. The highest BCUT2D eigenvalue weighted by molar-refractivity contribution is 5.71. The largest absolute Gasteiger partial charge is 0.378 e. The molecule has 0 N–H and O–H groups in total. The smallest absolute Gasteiger partial charge is 0.166 e. The van der Waals surface area contributed by atoms with Crippen molar-refractivity contribution in [2.45, 2.75) is 58.0 Å². The van der Waals surface area contributed by atoms with Gasteiger partial charge < -0.3 is 4.74 Å². The van der Waals surface area contributed by atoms with Crippen LogP contribution in [0, 0.1) is 17.5 Å². The number of benzene rings is 3. The van der Waals surface area contributed by atoms with Gasteiger partial charge in [-0.3, -0.25) is 0 Å². The summed E-state index contributed by atoms with van der Waals surface area (Å²) in [6.07, 6.45) is 8.78. The molecule has 3 aromatic rings.